The van der Waals surface area contributed by atoms with Crippen molar-refractivity contribution in [3.63, 3.8) is 0 Å². The molecule has 5 heteroatoms. The molecule has 3 aliphatic rings. The summed E-state index contributed by atoms with van der Waals surface area (Å²) >= 11 is 0. The van der Waals surface area contributed by atoms with Crippen LogP contribution in [0.1, 0.15) is 25.7 Å². The highest BCUT2D eigenvalue weighted by molar-refractivity contribution is 5.80. The number of carbonyl (C=O) groups is 2. The minimum absolute atomic E-state index is 0.0219. The van der Waals surface area contributed by atoms with Crippen molar-refractivity contribution in [2.45, 2.75) is 37.8 Å². The van der Waals surface area contributed by atoms with E-state index < -0.39 is 18.1 Å². The Morgan fingerprint density at radius 2 is 1.64 bits per heavy atom. The number of hydrogen-bond acceptors (Lipinski definition) is 2. The van der Waals surface area contributed by atoms with Gasteiger partial charge in [-0.1, -0.05) is 0 Å². The van der Waals surface area contributed by atoms with E-state index in [2.05, 4.69) is 0 Å². The van der Waals surface area contributed by atoms with Crippen LogP contribution in [0.5, 0.6) is 0 Å². The molecule has 1 atom stereocenters. The van der Waals surface area contributed by atoms with Gasteiger partial charge in [0, 0.05) is 6.04 Å². The van der Waals surface area contributed by atoms with Gasteiger partial charge in [0.15, 0.2) is 0 Å². The Kier molecular flexibility index (Phi) is 2.09. The summed E-state index contributed by atoms with van der Waals surface area (Å²) in [7, 11) is 0. The first-order valence-corrected chi connectivity index (χ1v) is 4.85. The van der Waals surface area contributed by atoms with Crippen molar-refractivity contribution < 1.29 is 19.8 Å². The van der Waals surface area contributed by atoms with Crippen LogP contribution in [0.3, 0.4) is 0 Å². The summed E-state index contributed by atoms with van der Waals surface area (Å²) in [6, 6.07) is -0.876. The summed E-state index contributed by atoms with van der Waals surface area (Å²) in [5.74, 6) is -0.976. The van der Waals surface area contributed by atoms with Crippen LogP contribution in [0.4, 0.5) is 4.79 Å². The molecule has 1 aliphatic carbocycles. The average Bonchev–Trinajstić information content (AvgIpc) is 2.17. The monoisotopic (exact) mass is 199 g/mol. The molecule has 0 radical (unpaired) electrons. The van der Waals surface area contributed by atoms with Crippen LogP contribution in [-0.4, -0.2) is 39.3 Å². The number of carboxylic acid groups (broad SMARTS) is 2. The summed E-state index contributed by atoms with van der Waals surface area (Å²) in [5.41, 5.74) is 0. The van der Waals surface area contributed by atoms with Gasteiger partial charge < -0.3 is 10.2 Å². The second-order valence-electron chi connectivity index (χ2n) is 4.04. The van der Waals surface area contributed by atoms with Crippen LogP contribution in [0, 0.1) is 5.92 Å². The average molecular weight is 199 g/mol. The smallest absolute Gasteiger partial charge is 0.408 e. The second kappa shape index (κ2) is 3.15. The maximum absolute atomic E-state index is 11.0. The number of fused-ring (bicyclic) bond motifs is 3. The lowest BCUT2D eigenvalue weighted by molar-refractivity contribution is -0.150. The van der Waals surface area contributed by atoms with Crippen LogP contribution in [0.25, 0.3) is 0 Å². The molecule has 2 saturated heterocycles. The van der Waals surface area contributed by atoms with E-state index in [4.69, 9.17) is 10.2 Å². The van der Waals surface area contributed by atoms with Gasteiger partial charge in [-0.15, -0.1) is 0 Å². The van der Waals surface area contributed by atoms with Gasteiger partial charge in [-0.2, -0.15) is 0 Å². The van der Waals surface area contributed by atoms with Gasteiger partial charge in [0.05, 0.1) is 0 Å². The molecule has 1 saturated carbocycles. The SMILES string of the molecule is O=C(O)C1C2CCC(CC2)N1C(=O)O. The zero-order valence-corrected chi connectivity index (χ0v) is 7.72. The lowest BCUT2D eigenvalue weighted by Gasteiger charge is -2.47. The van der Waals surface area contributed by atoms with E-state index in [1.165, 1.54) is 0 Å². The Labute approximate surface area is 81.3 Å². The Bertz CT molecular complexity index is 242. The molecule has 78 valence electrons. The quantitative estimate of drug-likeness (QED) is 0.660. The predicted octanol–water partition coefficient (Wildman–Crippen LogP) is 0.992. The van der Waals surface area contributed by atoms with Crippen molar-refractivity contribution >= 4 is 12.1 Å². The maximum atomic E-state index is 11.0. The zero-order chi connectivity index (χ0) is 10.3. The third-order valence-corrected chi connectivity index (χ3v) is 3.35. The van der Waals surface area contributed by atoms with E-state index in [0.29, 0.717) is 0 Å². The minimum atomic E-state index is -1.09. The molecule has 0 aromatic carbocycles. The molecular weight excluding hydrogens is 186 g/mol. The normalized spacial score (nSPS) is 35.7. The molecule has 0 spiro atoms. The first-order valence-electron chi connectivity index (χ1n) is 4.85. The fourth-order valence-corrected chi connectivity index (χ4v) is 2.75. The van der Waals surface area contributed by atoms with Gasteiger partial charge in [-0.05, 0) is 31.6 Å². The van der Waals surface area contributed by atoms with Crippen molar-refractivity contribution in [3.05, 3.63) is 0 Å². The Morgan fingerprint density at radius 1 is 1.07 bits per heavy atom. The lowest BCUT2D eigenvalue weighted by Crippen LogP contribution is -2.60. The lowest BCUT2D eigenvalue weighted by atomic mass is 9.75. The zero-order valence-electron chi connectivity index (χ0n) is 7.72. The van der Waals surface area contributed by atoms with Gasteiger partial charge in [0.1, 0.15) is 6.04 Å². The fraction of sp³-hybridized carbons (Fsp3) is 0.778. The molecule has 1 amide bonds. The van der Waals surface area contributed by atoms with Crippen molar-refractivity contribution in [2.75, 3.05) is 0 Å². The topological polar surface area (TPSA) is 77.8 Å². The molecule has 1 unspecified atom stereocenters. The van der Waals surface area contributed by atoms with Crippen molar-refractivity contribution in [2.24, 2.45) is 5.92 Å². The second-order valence-corrected chi connectivity index (χ2v) is 4.04. The molecule has 3 rings (SSSR count). The molecule has 3 fully saturated rings. The van der Waals surface area contributed by atoms with Crippen LogP contribution in [-0.2, 0) is 4.79 Å². The molecule has 2 aliphatic heterocycles. The van der Waals surface area contributed by atoms with Crippen LogP contribution >= 0.6 is 0 Å². The third-order valence-electron chi connectivity index (χ3n) is 3.35. The molecule has 14 heavy (non-hydrogen) atoms. The van der Waals surface area contributed by atoms with Crippen LogP contribution in [0.15, 0.2) is 0 Å². The van der Waals surface area contributed by atoms with Crippen molar-refractivity contribution in [1.82, 2.24) is 4.90 Å². The molecular formula is C9H13NO4. The Balaban J connectivity index is 2.27. The van der Waals surface area contributed by atoms with E-state index in [0.717, 1.165) is 30.6 Å². The summed E-state index contributed by atoms with van der Waals surface area (Å²) in [4.78, 5) is 23.0. The first-order chi connectivity index (χ1) is 6.61. The maximum Gasteiger partial charge on any atom is 0.408 e. The van der Waals surface area contributed by atoms with Crippen molar-refractivity contribution in [1.29, 1.82) is 0 Å². The largest absolute Gasteiger partial charge is 0.480 e. The summed E-state index contributed by atoms with van der Waals surface area (Å²) in [5, 5.41) is 17.9. The number of rotatable bonds is 1. The summed E-state index contributed by atoms with van der Waals surface area (Å²) in [6.07, 6.45) is 2.25. The molecule has 2 N–H and O–H groups in total. The standard InChI is InChI=1S/C9H13NO4/c11-8(12)7-5-1-3-6(4-2-5)10(7)9(13)14/h5-7H,1-4H2,(H,11,12)(H,13,14). The third kappa shape index (κ3) is 1.23. The molecule has 2 heterocycles. The van der Waals surface area contributed by atoms with Gasteiger partial charge in [-0.25, -0.2) is 9.59 Å². The number of aliphatic carboxylic acids is 1. The Hall–Kier alpha value is -1.26. The predicted molar refractivity (Wildman–Crippen MR) is 47.0 cm³/mol. The number of amides is 1. The number of hydrogen-bond donors (Lipinski definition) is 2. The fourth-order valence-electron chi connectivity index (χ4n) is 2.75. The van der Waals surface area contributed by atoms with E-state index in [9.17, 15) is 9.59 Å². The van der Waals surface area contributed by atoms with E-state index in [1.807, 2.05) is 0 Å². The first kappa shape index (κ1) is 9.30. The van der Waals surface area contributed by atoms with Crippen molar-refractivity contribution in [3.8, 4) is 0 Å². The number of nitrogens with zero attached hydrogens (tertiary/aromatic N) is 1. The highest BCUT2D eigenvalue weighted by atomic mass is 16.4. The molecule has 5 nitrogen and oxygen atoms in total. The summed E-state index contributed by atoms with van der Waals surface area (Å²) < 4.78 is 0. The number of piperidine rings is 2. The van der Waals surface area contributed by atoms with Crippen LogP contribution in [0.2, 0.25) is 0 Å². The number of carboxylic acids is 1. The van der Waals surface area contributed by atoms with Gasteiger partial charge in [-0.3, -0.25) is 4.90 Å². The van der Waals surface area contributed by atoms with Crippen LogP contribution < -0.4 is 0 Å². The highest BCUT2D eigenvalue weighted by Crippen LogP contribution is 2.39. The Morgan fingerprint density at radius 3 is 2.00 bits per heavy atom. The van der Waals surface area contributed by atoms with Gasteiger partial charge in [0.25, 0.3) is 0 Å². The summed E-state index contributed by atoms with van der Waals surface area (Å²) in [6.45, 7) is 0. The highest BCUT2D eigenvalue weighted by Gasteiger charge is 2.47. The van der Waals surface area contributed by atoms with E-state index in [-0.39, 0.29) is 12.0 Å². The molecule has 0 aromatic rings. The van der Waals surface area contributed by atoms with Gasteiger partial charge in [0.2, 0.25) is 0 Å². The minimum Gasteiger partial charge on any atom is -0.480 e. The van der Waals surface area contributed by atoms with E-state index >= 15 is 0 Å². The molecule has 0 aromatic heterocycles. The molecule has 2 bridgehead atoms. The van der Waals surface area contributed by atoms with E-state index in [1.54, 1.807) is 0 Å². The van der Waals surface area contributed by atoms with Gasteiger partial charge >= 0.3 is 12.1 Å².